The van der Waals surface area contributed by atoms with Crippen molar-refractivity contribution in [1.29, 1.82) is 0 Å². The summed E-state index contributed by atoms with van der Waals surface area (Å²) in [5.74, 6) is -11.4. The lowest BCUT2D eigenvalue weighted by Gasteiger charge is -2.43. The van der Waals surface area contributed by atoms with E-state index < -0.39 is 200 Å². The Morgan fingerprint density at radius 1 is 0.299 bits per heavy atom. The minimum absolute atomic E-state index is 0.0194. The number of carbonyl (C=O) groups is 14. The van der Waals surface area contributed by atoms with Gasteiger partial charge in [0, 0.05) is 183 Å². The van der Waals surface area contributed by atoms with E-state index in [1.54, 1.807) is 121 Å². The molecule has 19 atom stereocenters. The second-order valence-electron chi connectivity index (χ2n) is 31.7. The predicted octanol–water partition coefficient (Wildman–Crippen LogP) is 7.28. The van der Waals surface area contributed by atoms with Crippen molar-refractivity contribution >= 4 is 128 Å². The van der Waals surface area contributed by atoms with Crippen LogP contribution >= 0.6 is 0 Å². The van der Waals surface area contributed by atoms with Gasteiger partial charge in [-0.2, -0.15) is 0 Å². The third-order valence-electron chi connectivity index (χ3n) is 21.5. The van der Waals surface area contributed by atoms with Crippen LogP contribution in [0.3, 0.4) is 0 Å². The SMILES string of the molecule is COC(=O)CCCC(=O)Nc1ccc(-c2c3nc(c(-c4ccc(NC[C@H]5O[C@@H](OC(C)=O)[C@H](OC(C)=O)[C@@H](OC(C)=O)[C@@H]5OC(C)=O)cc4)c4ccc([nH]4)c(-c4ccc(NC[C@H]5O[C@@H](OC(C)=O)[C@H](OC(C)=O)[C@@H](OC(C)=O)[C@@H]5OC(C)=O)cc4)c4nc(c(-c5ccc(NC[C@H]6O[C@@H](OC(C)=O)[C@H](OC(C)=O)[C@@H](OC(C)=O)[C@@H]6OC(C)=O)cc5)c5ccc2[nH]5)C(O)C4O)C(O)C3O)cc1. The molecule has 712 valence electrons. The highest BCUT2D eigenvalue weighted by Gasteiger charge is 2.57. The first-order valence-electron chi connectivity index (χ1n) is 42.3. The average Bonchev–Trinajstić information content (AvgIpc) is 1.58. The number of H-pyrrole nitrogens is 2. The Hall–Kier alpha value is -14.3. The van der Waals surface area contributed by atoms with Crippen LogP contribution in [0.2, 0.25) is 0 Å². The number of esters is 13. The second-order valence-corrected chi connectivity index (χ2v) is 31.7. The molecule has 5 aliphatic rings. The van der Waals surface area contributed by atoms with Gasteiger partial charge in [-0.1, -0.05) is 48.5 Å². The molecule has 10 N–H and O–H groups in total. The fraction of sp³-hybridized carbons (Fsp3) is 0.413. The number of carbonyl (C=O) groups excluding carboxylic acids is 14. The lowest BCUT2D eigenvalue weighted by atomic mass is 9.96. The number of aromatic amines is 2. The van der Waals surface area contributed by atoms with E-state index in [1.807, 2.05) is 0 Å². The molecule has 8 heterocycles. The van der Waals surface area contributed by atoms with Gasteiger partial charge in [-0.05, 0) is 101 Å². The van der Waals surface area contributed by atoms with E-state index >= 15 is 0 Å². The van der Waals surface area contributed by atoms with Crippen LogP contribution in [0.5, 0.6) is 0 Å². The van der Waals surface area contributed by atoms with Crippen molar-refractivity contribution in [3.05, 3.63) is 144 Å². The number of anilines is 4. The molecule has 4 unspecified atom stereocenters. The summed E-state index contributed by atoms with van der Waals surface area (Å²) in [4.78, 5) is 194. The van der Waals surface area contributed by atoms with Crippen molar-refractivity contribution in [1.82, 2.24) is 19.9 Å². The Bertz CT molecular complexity index is 5650. The van der Waals surface area contributed by atoms with Crippen molar-refractivity contribution < 1.29 is 163 Å². The number of aromatic nitrogens is 4. The summed E-state index contributed by atoms with van der Waals surface area (Å²) in [5, 5.41) is 64.4. The summed E-state index contributed by atoms with van der Waals surface area (Å²) in [5.41, 5.74) is 3.54. The summed E-state index contributed by atoms with van der Waals surface area (Å²) < 4.78 is 90.0. The first-order valence-corrected chi connectivity index (χ1v) is 42.3. The largest absolute Gasteiger partial charge is 0.469 e. The van der Waals surface area contributed by atoms with Crippen molar-refractivity contribution in [3.63, 3.8) is 0 Å². The molecular weight excluding hydrogens is 1760 g/mol. The number of ether oxygens (including phenoxy) is 16. The minimum Gasteiger partial charge on any atom is -0.469 e. The maximum atomic E-state index is 13.3. The summed E-state index contributed by atoms with van der Waals surface area (Å²) in [6.45, 7) is 12.0. The molecule has 3 aromatic heterocycles. The highest BCUT2D eigenvalue weighted by Crippen LogP contribution is 2.48. The fourth-order valence-corrected chi connectivity index (χ4v) is 16.3. The van der Waals surface area contributed by atoms with Crippen LogP contribution in [0.1, 0.15) is 150 Å². The van der Waals surface area contributed by atoms with Crippen LogP contribution in [0.4, 0.5) is 22.7 Å². The number of aliphatic hydroxyl groups is 4. The maximum absolute atomic E-state index is 13.3. The zero-order valence-corrected chi connectivity index (χ0v) is 74.7. The minimum atomic E-state index is -1.89. The molecule has 0 aliphatic carbocycles. The molecule has 0 saturated carbocycles. The summed E-state index contributed by atoms with van der Waals surface area (Å²) >= 11 is 0. The van der Waals surface area contributed by atoms with Gasteiger partial charge < -0.3 is 127 Å². The third-order valence-corrected chi connectivity index (χ3v) is 21.5. The molecule has 8 bridgehead atoms. The molecule has 134 heavy (non-hydrogen) atoms. The van der Waals surface area contributed by atoms with E-state index in [0.29, 0.717) is 45.0 Å². The first kappa shape index (κ1) is 98.7. The number of fused-ring (bicyclic) bond motifs is 8. The molecule has 3 saturated heterocycles. The number of aliphatic hydroxyl groups excluding tert-OH is 4. The van der Waals surface area contributed by atoms with Gasteiger partial charge in [-0.25, -0.2) is 0 Å². The number of methoxy groups -OCH3 is 1. The lowest BCUT2D eigenvalue weighted by molar-refractivity contribution is -0.293. The molecule has 0 spiro atoms. The van der Waals surface area contributed by atoms with Gasteiger partial charge in [-0.15, -0.1) is 0 Å². The predicted molar refractivity (Wildman–Crippen MR) is 464 cm³/mol. The number of hydrogen-bond acceptors (Lipinski definition) is 39. The Balaban J connectivity index is 1.05. The molecule has 5 aliphatic heterocycles. The van der Waals surface area contributed by atoms with E-state index in [2.05, 4.69) is 31.2 Å². The summed E-state index contributed by atoms with van der Waals surface area (Å²) in [6.07, 6.45) is -30.4. The number of nitrogens with one attached hydrogen (secondary N) is 6. The molecular formula is C92H100N8O34. The number of amides is 1. The number of benzene rings is 4. The topological polar surface area (TPSA) is 573 Å². The fourth-order valence-electron chi connectivity index (χ4n) is 16.3. The van der Waals surface area contributed by atoms with Gasteiger partial charge in [0.15, 0.2) is 36.6 Å². The monoisotopic (exact) mass is 1860 g/mol. The molecule has 12 rings (SSSR count). The van der Waals surface area contributed by atoms with E-state index in [-0.39, 0.29) is 106 Å². The third kappa shape index (κ3) is 24.0. The van der Waals surface area contributed by atoms with Crippen molar-refractivity contribution in [2.45, 2.75) is 219 Å². The normalized spacial score (nSPS) is 24.0. The van der Waals surface area contributed by atoms with E-state index in [4.69, 9.17) is 85.8 Å². The Morgan fingerprint density at radius 2 is 0.522 bits per heavy atom. The zero-order chi connectivity index (χ0) is 97.0. The Labute approximate surface area is 763 Å². The van der Waals surface area contributed by atoms with Crippen LogP contribution in [-0.2, 0) is 143 Å². The zero-order valence-electron chi connectivity index (χ0n) is 74.7. The molecule has 42 nitrogen and oxygen atoms in total. The smallest absolute Gasteiger partial charge is 0.305 e. The van der Waals surface area contributed by atoms with Crippen molar-refractivity contribution in [2.75, 3.05) is 48.0 Å². The first-order chi connectivity index (χ1) is 63.7. The molecule has 0 radical (unpaired) electrons. The summed E-state index contributed by atoms with van der Waals surface area (Å²) in [7, 11) is 1.23. The summed E-state index contributed by atoms with van der Waals surface area (Å²) in [6, 6.07) is 32.3. The highest BCUT2D eigenvalue weighted by molar-refractivity contribution is 5.95. The van der Waals surface area contributed by atoms with Gasteiger partial charge in [0.25, 0.3) is 0 Å². The van der Waals surface area contributed by atoms with Crippen LogP contribution < -0.4 is 21.3 Å². The maximum Gasteiger partial charge on any atom is 0.305 e. The Morgan fingerprint density at radius 3 is 0.754 bits per heavy atom. The van der Waals surface area contributed by atoms with Crippen LogP contribution in [0.25, 0.3) is 66.6 Å². The standard InChI is InChI=1S/C92H100N8O34/c1-40(101)120-81-64(132-90(129-49(10)110)87(126-46(7)107)84(81)123-43(4)104)37-93-56-25-17-52(18-26-56)69-60-33-34-61(97-60)70(53-19-27-57(28-20-53)94-38-65-82(121-41(2)102)85(124-44(5)105)88(127-47(8)108)91(133-65)130-50(11)111)75-79(117)80(118)76(100-75)72(55-23-31-59(32-24-55)96-67(113)15-14-16-68(114)119-13)63-36-35-62(98-63)71(74-78(116)77(115)73(69)99-74)54-21-29-58(30-22-54)95-39-66-83(122-42(3)103)86(125-45(6)106)89(128-48(9)109)92(134-66)131-51(12)112/h17-36,64-66,77-95,97-98,115-118H,14-16,37-39H2,1-13H3,(H,96,113)/t64-,65-,66-,77?,78?,79?,80?,81-,82-,83-,84+,85+,86+,87-,88-,89-,90-,91-,92-/m1/s1. The number of hydrogen-bond donors (Lipinski definition) is 10. The highest BCUT2D eigenvalue weighted by atomic mass is 16.8. The van der Waals surface area contributed by atoms with E-state index in [9.17, 15) is 87.5 Å². The van der Waals surface area contributed by atoms with Gasteiger partial charge in [0.2, 0.25) is 43.1 Å². The Kier molecular flexibility index (Phi) is 32.0. The van der Waals surface area contributed by atoms with Crippen molar-refractivity contribution in [2.24, 2.45) is 0 Å². The quantitative estimate of drug-likeness (QED) is 0.0156. The molecule has 7 aromatic rings. The molecule has 42 heteroatoms. The lowest BCUT2D eigenvalue weighted by Crippen LogP contribution is -2.63. The second kappa shape index (κ2) is 43.4. The van der Waals surface area contributed by atoms with Gasteiger partial charge in [-0.3, -0.25) is 77.1 Å². The van der Waals surface area contributed by atoms with E-state index in [1.165, 1.54) is 7.11 Å². The van der Waals surface area contributed by atoms with Gasteiger partial charge >= 0.3 is 77.6 Å². The van der Waals surface area contributed by atoms with Crippen LogP contribution in [0, 0.1) is 0 Å². The van der Waals surface area contributed by atoms with Crippen molar-refractivity contribution in [3.8, 4) is 44.5 Å². The molecule has 1 amide bonds. The van der Waals surface area contributed by atoms with Crippen LogP contribution in [-0.4, -0.2) is 243 Å². The van der Waals surface area contributed by atoms with Crippen LogP contribution in [0.15, 0.2) is 121 Å². The van der Waals surface area contributed by atoms with Gasteiger partial charge in [0.05, 0.1) is 29.9 Å². The van der Waals surface area contributed by atoms with Gasteiger partial charge in [0.1, 0.15) is 42.7 Å². The molecule has 3 fully saturated rings. The number of nitrogens with zero attached hydrogens (tertiary/aromatic N) is 2. The number of rotatable bonds is 30. The molecule has 4 aromatic carbocycles. The average molecular weight is 1860 g/mol. The van der Waals surface area contributed by atoms with E-state index in [0.717, 1.165) is 83.1 Å².